The predicted molar refractivity (Wildman–Crippen MR) is 75.8 cm³/mol. The van der Waals surface area contributed by atoms with Gasteiger partial charge in [0, 0.05) is 0 Å². The van der Waals surface area contributed by atoms with Crippen molar-refractivity contribution in [3.05, 3.63) is 42.0 Å². The molecule has 2 nitrogen and oxygen atoms in total. The van der Waals surface area contributed by atoms with Crippen molar-refractivity contribution in [2.75, 3.05) is 0 Å². The van der Waals surface area contributed by atoms with E-state index in [9.17, 15) is 4.79 Å². The van der Waals surface area contributed by atoms with Gasteiger partial charge in [0.2, 0.25) is 0 Å². The fourth-order valence-corrected chi connectivity index (χ4v) is 3.71. The summed E-state index contributed by atoms with van der Waals surface area (Å²) in [5.74, 6) is 1.14. The zero-order valence-electron chi connectivity index (χ0n) is 11.4. The molecule has 2 aliphatic rings. The van der Waals surface area contributed by atoms with Gasteiger partial charge in [-0.1, -0.05) is 24.8 Å². The molecule has 0 aliphatic heterocycles. The second-order valence-electron chi connectivity index (χ2n) is 6.11. The van der Waals surface area contributed by atoms with Gasteiger partial charge in [0.05, 0.1) is 5.56 Å². The maximum Gasteiger partial charge on any atom is 0.338 e. The minimum atomic E-state index is -0.239. The van der Waals surface area contributed by atoms with Crippen molar-refractivity contribution >= 4 is 12.0 Å². The normalized spacial score (nSPS) is 32.3. The van der Waals surface area contributed by atoms with Crippen LogP contribution in [0, 0.1) is 11.8 Å². The monoisotopic (exact) mass is 256 g/mol. The lowest BCUT2D eigenvalue weighted by Gasteiger charge is -2.33. The highest BCUT2D eigenvalue weighted by molar-refractivity contribution is 5.90. The molecule has 1 aromatic carbocycles. The lowest BCUT2D eigenvalue weighted by molar-refractivity contribution is -0.0370. The third kappa shape index (κ3) is 2.20. The van der Waals surface area contributed by atoms with Gasteiger partial charge >= 0.3 is 5.97 Å². The fraction of sp³-hybridized carbons (Fsp3) is 0.471. The van der Waals surface area contributed by atoms with E-state index in [0.717, 1.165) is 17.9 Å². The van der Waals surface area contributed by atoms with Crippen LogP contribution >= 0.6 is 0 Å². The van der Waals surface area contributed by atoms with E-state index in [1.165, 1.54) is 19.3 Å². The number of benzene rings is 1. The van der Waals surface area contributed by atoms with Gasteiger partial charge in [0.1, 0.15) is 5.60 Å². The molecule has 0 aromatic heterocycles. The van der Waals surface area contributed by atoms with Gasteiger partial charge in [0.25, 0.3) is 0 Å². The first-order valence-corrected chi connectivity index (χ1v) is 7.06. The summed E-state index contributed by atoms with van der Waals surface area (Å²) < 4.78 is 5.83. The number of carbonyl (C=O) groups is 1. The highest BCUT2D eigenvalue weighted by Crippen LogP contribution is 2.52. The Morgan fingerprint density at radius 3 is 2.63 bits per heavy atom. The van der Waals surface area contributed by atoms with E-state index < -0.39 is 0 Å². The Morgan fingerprint density at radius 1 is 1.37 bits per heavy atom. The Hall–Kier alpha value is -1.57. The quantitative estimate of drug-likeness (QED) is 0.762. The van der Waals surface area contributed by atoms with Crippen molar-refractivity contribution in [1.29, 1.82) is 0 Å². The van der Waals surface area contributed by atoms with E-state index >= 15 is 0 Å². The first kappa shape index (κ1) is 12.5. The van der Waals surface area contributed by atoms with Crippen LogP contribution in [0.1, 0.15) is 48.5 Å². The molecular weight excluding hydrogens is 236 g/mol. The third-order valence-corrected chi connectivity index (χ3v) is 4.81. The van der Waals surface area contributed by atoms with Gasteiger partial charge in [-0.3, -0.25) is 0 Å². The highest BCUT2D eigenvalue weighted by atomic mass is 16.6. The zero-order chi connectivity index (χ0) is 13.5. The van der Waals surface area contributed by atoms with Gasteiger partial charge in [-0.2, -0.15) is 0 Å². The van der Waals surface area contributed by atoms with Gasteiger partial charge in [0.15, 0.2) is 0 Å². The van der Waals surface area contributed by atoms with Crippen LogP contribution in [0.25, 0.3) is 6.08 Å². The molecule has 0 spiro atoms. The zero-order valence-corrected chi connectivity index (χ0v) is 11.4. The number of esters is 1. The van der Waals surface area contributed by atoms with Crippen LogP contribution < -0.4 is 0 Å². The molecular formula is C17H20O2. The highest BCUT2D eigenvalue weighted by Gasteiger charge is 2.50. The summed E-state index contributed by atoms with van der Waals surface area (Å²) in [6, 6.07) is 7.42. The second-order valence-corrected chi connectivity index (χ2v) is 6.11. The molecule has 1 aromatic rings. The molecule has 3 unspecified atom stereocenters. The topological polar surface area (TPSA) is 26.3 Å². The summed E-state index contributed by atoms with van der Waals surface area (Å²) in [6.07, 6.45) is 6.56. The van der Waals surface area contributed by atoms with Crippen molar-refractivity contribution in [2.24, 2.45) is 11.8 Å². The molecule has 0 amide bonds. The van der Waals surface area contributed by atoms with E-state index in [-0.39, 0.29) is 11.6 Å². The van der Waals surface area contributed by atoms with E-state index in [2.05, 4.69) is 13.5 Å². The van der Waals surface area contributed by atoms with Crippen LogP contribution in [-0.2, 0) is 4.74 Å². The first-order chi connectivity index (χ1) is 9.10. The number of ether oxygens (including phenoxy) is 1. The van der Waals surface area contributed by atoms with Crippen molar-refractivity contribution in [3.8, 4) is 0 Å². The standard InChI is InChI=1S/C17H20O2/c1-3-12-4-7-14(8-5-12)16(18)19-17(2)11-13-6-9-15(17)10-13/h3-5,7-8,13,15H,1,6,9-11H2,2H3. The minimum Gasteiger partial charge on any atom is -0.455 e. The van der Waals surface area contributed by atoms with Crippen molar-refractivity contribution in [1.82, 2.24) is 0 Å². The molecule has 0 heterocycles. The van der Waals surface area contributed by atoms with Crippen LogP contribution in [0.4, 0.5) is 0 Å². The van der Waals surface area contributed by atoms with Crippen LogP contribution in [0.5, 0.6) is 0 Å². The summed E-state index contributed by atoms with van der Waals surface area (Å²) in [5, 5.41) is 0. The van der Waals surface area contributed by atoms with Crippen molar-refractivity contribution in [2.45, 2.75) is 38.2 Å². The smallest absolute Gasteiger partial charge is 0.338 e. The summed E-state index contributed by atoms with van der Waals surface area (Å²) in [4.78, 5) is 12.2. The number of fused-ring (bicyclic) bond motifs is 2. The predicted octanol–water partition coefficient (Wildman–Crippen LogP) is 4.07. The molecule has 2 heteroatoms. The summed E-state index contributed by atoms with van der Waals surface area (Å²) >= 11 is 0. The Kier molecular flexibility index (Phi) is 2.96. The summed E-state index contributed by atoms with van der Waals surface area (Å²) in [5.41, 5.74) is 1.41. The van der Waals surface area contributed by atoms with Crippen LogP contribution in [-0.4, -0.2) is 11.6 Å². The molecule has 3 rings (SSSR count). The van der Waals surface area contributed by atoms with Gasteiger partial charge < -0.3 is 4.74 Å². The van der Waals surface area contributed by atoms with Crippen molar-refractivity contribution in [3.63, 3.8) is 0 Å². The Balaban J connectivity index is 1.72. The molecule has 2 bridgehead atoms. The second kappa shape index (κ2) is 4.52. The SMILES string of the molecule is C=Cc1ccc(C(=O)OC2(C)CC3CCC2C3)cc1. The molecule has 0 radical (unpaired) electrons. The molecule has 0 saturated heterocycles. The first-order valence-electron chi connectivity index (χ1n) is 7.06. The number of hydrogen-bond acceptors (Lipinski definition) is 2. The minimum absolute atomic E-state index is 0.189. The van der Waals surface area contributed by atoms with Gasteiger partial charge in [-0.05, 0) is 62.1 Å². The summed E-state index contributed by atoms with van der Waals surface area (Å²) in [6.45, 7) is 5.81. The average Bonchev–Trinajstić information content (AvgIpc) is 2.98. The van der Waals surface area contributed by atoms with Crippen LogP contribution in [0.15, 0.2) is 30.8 Å². The van der Waals surface area contributed by atoms with E-state index in [1.54, 1.807) is 6.08 Å². The number of hydrogen-bond donors (Lipinski definition) is 0. The number of carbonyl (C=O) groups excluding carboxylic acids is 1. The molecule has 100 valence electrons. The lowest BCUT2D eigenvalue weighted by Crippen LogP contribution is -2.37. The molecule has 3 atom stereocenters. The van der Waals surface area contributed by atoms with Crippen molar-refractivity contribution < 1.29 is 9.53 Å². The third-order valence-electron chi connectivity index (χ3n) is 4.81. The summed E-state index contributed by atoms with van der Waals surface area (Å²) in [7, 11) is 0. The van der Waals surface area contributed by atoms with E-state index in [4.69, 9.17) is 4.74 Å². The Morgan fingerprint density at radius 2 is 2.11 bits per heavy atom. The molecule has 0 N–H and O–H groups in total. The maximum absolute atomic E-state index is 12.2. The maximum atomic E-state index is 12.2. The molecule has 2 fully saturated rings. The fourth-order valence-electron chi connectivity index (χ4n) is 3.71. The molecule has 2 aliphatic carbocycles. The lowest BCUT2D eigenvalue weighted by atomic mass is 9.85. The Bertz CT molecular complexity index is 502. The molecule has 19 heavy (non-hydrogen) atoms. The average molecular weight is 256 g/mol. The van der Waals surface area contributed by atoms with E-state index in [0.29, 0.717) is 11.5 Å². The van der Waals surface area contributed by atoms with Crippen LogP contribution in [0.2, 0.25) is 0 Å². The Labute approximate surface area is 114 Å². The van der Waals surface area contributed by atoms with E-state index in [1.807, 2.05) is 24.3 Å². The largest absolute Gasteiger partial charge is 0.455 e. The van der Waals surface area contributed by atoms with Crippen LogP contribution in [0.3, 0.4) is 0 Å². The van der Waals surface area contributed by atoms with Gasteiger partial charge in [-0.25, -0.2) is 4.79 Å². The number of rotatable bonds is 3. The van der Waals surface area contributed by atoms with Gasteiger partial charge in [-0.15, -0.1) is 0 Å². The molecule has 2 saturated carbocycles.